The van der Waals surface area contributed by atoms with Gasteiger partial charge in [0.2, 0.25) is 0 Å². The van der Waals surface area contributed by atoms with E-state index in [2.05, 4.69) is 77.6 Å². The van der Waals surface area contributed by atoms with Crippen molar-refractivity contribution in [3.05, 3.63) is 22.6 Å². The number of aliphatic hydroxyl groups excluding tert-OH is 1. The molecule has 3 saturated heterocycles. The number of allylic oxidation sites excluding steroid dienone is 1. The van der Waals surface area contributed by atoms with Crippen molar-refractivity contribution in [2.75, 3.05) is 13.3 Å². The van der Waals surface area contributed by atoms with Gasteiger partial charge in [0, 0.05) is 28.6 Å². The zero-order valence-corrected chi connectivity index (χ0v) is 39.8. The predicted octanol–water partition coefficient (Wildman–Crippen LogP) is 11.8. The lowest BCUT2D eigenvalue weighted by atomic mass is 9.82. The van der Waals surface area contributed by atoms with Crippen LogP contribution >= 0.6 is 8.03 Å². The number of azide groups is 1. The third-order valence-corrected chi connectivity index (χ3v) is 14.1. The fourth-order valence-corrected chi connectivity index (χ4v) is 10.0. The van der Waals surface area contributed by atoms with Crippen LogP contribution in [0.3, 0.4) is 0 Å². The van der Waals surface area contributed by atoms with E-state index in [0.717, 1.165) is 19.3 Å². The Morgan fingerprint density at radius 1 is 0.695 bits per heavy atom. The predicted molar refractivity (Wildman–Crippen MR) is 240 cm³/mol. The molecule has 59 heavy (non-hydrogen) atoms. The summed E-state index contributed by atoms with van der Waals surface area (Å²) in [5.41, 5.74) is 9.37. The molecule has 0 aliphatic carbocycles. The maximum Gasteiger partial charge on any atom is 0.184 e. The van der Waals surface area contributed by atoms with E-state index in [0.29, 0.717) is 6.42 Å². The molecule has 1 N–H and O–H groups in total. The maximum absolute atomic E-state index is 11.5. The Hall–Kier alpha value is -0.775. The van der Waals surface area contributed by atoms with Crippen LogP contribution in [0.1, 0.15) is 166 Å². The maximum atomic E-state index is 11.5. The fraction of sp³-hybridized carbons (Fsp3) is 0.957. The Bertz CT molecular complexity index is 1210. The van der Waals surface area contributed by atoms with E-state index in [1.165, 1.54) is 70.6 Å². The summed E-state index contributed by atoms with van der Waals surface area (Å²) in [5.74, 6) is -0.0140. The third kappa shape index (κ3) is 16.1. The van der Waals surface area contributed by atoms with E-state index >= 15 is 0 Å². The zero-order chi connectivity index (χ0) is 43.5. The third-order valence-electron chi connectivity index (χ3n) is 13.6. The van der Waals surface area contributed by atoms with Crippen molar-refractivity contribution in [3.63, 3.8) is 0 Å². The van der Waals surface area contributed by atoms with E-state index in [1.807, 2.05) is 20.5 Å². The molecule has 7 unspecified atom stereocenters. The Morgan fingerprint density at radius 3 is 1.75 bits per heavy atom. The first-order valence-electron chi connectivity index (χ1n) is 23.8. The Kier molecular flexibility index (Phi) is 25.0. The molecule has 3 aliphatic rings. The minimum absolute atomic E-state index is 0.00297. The Labute approximate surface area is 362 Å². The van der Waals surface area contributed by atoms with E-state index in [-0.39, 0.29) is 72.6 Å². The number of hydrogen-bond donors (Lipinski definition) is 1. The van der Waals surface area contributed by atoms with E-state index < -0.39 is 45.1 Å². The molecule has 0 aromatic carbocycles. The highest BCUT2D eigenvalue weighted by molar-refractivity contribution is 7.77. The molecule has 0 aromatic heterocycles. The molecule has 0 saturated carbocycles. The van der Waals surface area contributed by atoms with Gasteiger partial charge in [0.1, 0.15) is 13.7 Å². The van der Waals surface area contributed by atoms with E-state index in [9.17, 15) is 10.6 Å². The van der Waals surface area contributed by atoms with Crippen molar-refractivity contribution in [1.82, 2.24) is 0 Å². The highest BCUT2D eigenvalue weighted by Gasteiger charge is 2.50. The van der Waals surface area contributed by atoms with Gasteiger partial charge in [0.25, 0.3) is 0 Å². The van der Waals surface area contributed by atoms with Crippen LogP contribution in [0.25, 0.3) is 10.4 Å². The molecule has 0 bridgehead atoms. The summed E-state index contributed by atoms with van der Waals surface area (Å²) in [4.78, 5) is 3.12. The van der Waals surface area contributed by atoms with Gasteiger partial charge in [-0.1, -0.05) is 151 Å². The highest BCUT2D eigenvalue weighted by Crippen LogP contribution is 2.44. The molecule has 0 amide bonds. The number of rotatable bonds is 27. The van der Waals surface area contributed by atoms with Crippen molar-refractivity contribution in [2.24, 2.45) is 40.6 Å². The molecular weight excluding hydrogens is 764 g/mol. The summed E-state index contributed by atoms with van der Waals surface area (Å²) in [6.45, 7) is 23.3. The first-order chi connectivity index (χ1) is 28.3. The molecule has 340 valence electrons. The van der Waals surface area contributed by atoms with Gasteiger partial charge in [-0.25, -0.2) is 0 Å². The van der Waals surface area contributed by atoms with Gasteiger partial charge in [-0.3, -0.25) is 0 Å². The molecule has 0 aromatic rings. The molecule has 3 heterocycles. The van der Waals surface area contributed by atoms with Crippen molar-refractivity contribution in [2.45, 2.75) is 233 Å². The fourth-order valence-electron chi connectivity index (χ4n) is 9.24. The zero-order valence-electron chi connectivity index (χ0n) is 39.0. The quantitative estimate of drug-likeness (QED) is 0.0164. The van der Waals surface area contributed by atoms with Gasteiger partial charge in [0.15, 0.2) is 18.9 Å². The normalized spacial score (nSPS) is 36.9. The van der Waals surface area contributed by atoms with Gasteiger partial charge < -0.3 is 38.1 Å². The summed E-state index contributed by atoms with van der Waals surface area (Å²) in [7, 11) is 5.14. The number of aliphatic hydroxyl groups is 1. The second-order valence-corrected chi connectivity index (χ2v) is 19.5. The smallest absolute Gasteiger partial charge is 0.184 e. The van der Waals surface area contributed by atoms with Gasteiger partial charge in [-0.15, -0.1) is 0 Å². The van der Waals surface area contributed by atoms with Crippen LogP contribution in [0.5, 0.6) is 0 Å². The van der Waals surface area contributed by atoms with E-state index in [1.54, 1.807) is 0 Å². The second kappa shape index (κ2) is 28.1. The highest BCUT2D eigenvalue weighted by atomic mass is 31.1. The van der Waals surface area contributed by atoms with Crippen LogP contribution < -0.4 is 0 Å². The van der Waals surface area contributed by atoms with Gasteiger partial charge in [0.05, 0.1) is 49.3 Å². The van der Waals surface area contributed by atoms with Crippen LogP contribution in [0.4, 0.5) is 0 Å². The average molecular weight is 850 g/mol. The standard InChI is InChI=1S/C46H85BN3O8P/c1-12-16-17-18-19-20-21-22-23-24-25-26-27-28-30(5)36(49-50-48)29-52-46-40(51)34(9)43(39(15-4)55-46)57-44-32(7)31(6)42(38(14-3)54-44)56-45-35(10)41(58-59(11)47)33(8)37(13-2)53-45/h27-28,30-46,51H,12-26,29H2,1-11H3/t30-,31-,32?,33+,34-,35?,36+,37?,38?,39?,40?,41+,42-,43-,44+,45+,46-,59?/m1/s1. The molecule has 3 aliphatic heterocycles. The summed E-state index contributed by atoms with van der Waals surface area (Å²) in [6, 6.07) is -0.422. The minimum atomic E-state index is -1.02. The molecular formula is C46H85BN3O8P. The monoisotopic (exact) mass is 850 g/mol. The van der Waals surface area contributed by atoms with Crippen molar-refractivity contribution >= 4 is 15.6 Å². The molecule has 3 rings (SSSR count). The van der Waals surface area contributed by atoms with Crippen LogP contribution in [0.2, 0.25) is 0 Å². The second-order valence-electron chi connectivity index (χ2n) is 18.2. The summed E-state index contributed by atoms with van der Waals surface area (Å²) in [6.07, 6.45) is 18.2. The summed E-state index contributed by atoms with van der Waals surface area (Å²) >= 11 is 0. The summed E-state index contributed by atoms with van der Waals surface area (Å²) < 4.78 is 45.9. The van der Waals surface area contributed by atoms with E-state index in [4.69, 9.17) is 40.5 Å². The summed E-state index contributed by atoms with van der Waals surface area (Å²) in [5, 5.41) is 15.6. The number of hydrogen-bond acceptors (Lipinski definition) is 9. The first-order valence-corrected chi connectivity index (χ1v) is 25.5. The lowest BCUT2D eigenvalue weighted by Gasteiger charge is -2.51. The number of nitrogens with zero attached hydrogens (tertiary/aromatic N) is 3. The topological polar surface area (TPSA) is 134 Å². The first kappa shape index (κ1) is 52.6. The minimum Gasteiger partial charge on any atom is -0.387 e. The number of ether oxygens (including phenoxy) is 6. The van der Waals surface area contributed by atoms with Crippen LogP contribution in [0, 0.1) is 35.5 Å². The van der Waals surface area contributed by atoms with Crippen LogP contribution in [-0.2, 0) is 32.9 Å². The molecule has 3 fully saturated rings. The Balaban J connectivity index is 1.52. The Morgan fingerprint density at radius 2 is 1.20 bits per heavy atom. The van der Waals surface area contributed by atoms with Gasteiger partial charge >= 0.3 is 0 Å². The van der Waals surface area contributed by atoms with Crippen LogP contribution in [0.15, 0.2) is 17.3 Å². The van der Waals surface area contributed by atoms with Crippen molar-refractivity contribution in [1.29, 1.82) is 0 Å². The molecule has 0 spiro atoms. The van der Waals surface area contributed by atoms with Crippen molar-refractivity contribution < 1.29 is 38.1 Å². The van der Waals surface area contributed by atoms with Crippen LogP contribution in [-0.4, -0.2) is 93.6 Å². The lowest BCUT2D eigenvalue weighted by molar-refractivity contribution is -0.353. The van der Waals surface area contributed by atoms with Gasteiger partial charge in [-0.05, 0) is 64.2 Å². The lowest BCUT2D eigenvalue weighted by Crippen LogP contribution is -2.59. The van der Waals surface area contributed by atoms with Crippen molar-refractivity contribution in [3.8, 4) is 0 Å². The molecule has 13 heteroatoms. The SMILES string of the molecule is [B]P(C)O[C@@H]1C(C)[C@H](O[C@H]2C(CC)O[C@@H](O[C@H]3C(CC)O[C@@H](OC[C@H](N=[N+]=[N-])[C@H](C)C=CCCCCCCCCCCCCC)C(O)[C@H]3C)C(C)[C@H]2C)OC(CC)[C@@H]1C. The van der Waals surface area contributed by atoms with Gasteiger partial charge in [-0.2, -0.15) is 0 Å². The molecule has 2 radical (unpaired) electrons. The largest absolute Gasteiger partial charge is 0.387 e. The molecule has 11 nitrogen and oxygen atoms in total. The molecule has 18 atom stereocenters. The number of unbranched alkanes of at least 4 members (excludes halogenated alkanes) is 11. The average Bonchev–Trinajstić information content (AvgIpc) is 3.22.